The first-order chi connectivity index (χ1) is 12.1. The number of rotatable bonds is 6. The third-order valence-corrected chi connectivity index (χ3v) is 4.18. The predicted molar refractivity (Wildman–Crippen MR) is 99.6 cm³/mol. The summed E-state index contributed by atoms with van der Waals surface area (Å²) in [6.45, 7) is 1.31. The van der Waals surface area contributed by atoms with E-state index in [1.165, 1.54) is 0 Å². The Morgan fingerprint density at radius 3 is 2.72 bits per heavy atom. The van der Waals surface area contributed by atoms with Gasteiger partial charge in [-0.1, -0.05) is 0 Å². The minimum absolute atomic E-state index is 0.125. The number of pyridine rings is 1. The number of nitrogens with zero attached hydrogens (tertiary/aromatic N) is 2. The van der Waals surface area contributed by atoms with Crippen LogP contribution in [0.15, 0.2) is 42.6 Å². The molecule has 1 atom stereocenters. The van der Waals surface area contributed by atoms with Crippen molar-refractivity contribution in [1.82, 2.24) is 10.3 Å². The first kappa shape index (κ1) is 17.2. The normalized spacial score (nSPS) is 16.5. The number of ether oxygens (including phenoxy) is 1. The summed E-state index contributed by atoms with van der Waals surface area (Å²) in [5, 5.41) is 6.19. The summed E-state index contributed by atoms with van der Waals surface area (Å²) < 4.78 is 5.52. The third kappa shape index (κ3) is 4.70. The van der Waals surface area contributed by atoms with E-state index >= 15 is 0 Å². The highest BCUT2D eigenvalue weighted by Gasteiger charge is 2.17. The molecule has 0 aliphatic carbocycles. The average molecular weight is 340 g/mol. The van der Waals surface area contributed by atoms with E-state index in [4.69, 9.17) is 4.74 Å². The van der Waals surface area contributed by atoms with Gasteiger partial charge in [0.25, 0.3) is 5.91 Å². The minimum atomic E-state index is -0.179. The standard InChI is InChI=1S/C19H24N4O2/c1-23(2)16-7-5-14(6-8-16)22-15-9-10-20-18(12-15)19(24)21-13-17-4-3-11-25-17/h5-10,12,17H,3-4,11,13H2,1-2H3,(H,20,22)(H,21,24). The molecule has 1 aromatic carbocycles. The van der Waals surface area contributed by atoms with Crippen molar-refractivity contribution in [2.24, 2.45) is 0 Å². The van der Waals surface area contributed by atoms with Gasteiger partial charge in [0.1, 0.15) is 5.69 Å². The number of amides is 1. The number of nitrogens with one attached hydrogen (secondary N) is 2. The highest BCUT2D eigenvalue weighted by molar-refractivity contribution is 5.93. The second-order valence-electron chi connectivity index (χ2n) is 6.34. The summed E-state index contributed by atoms with van der Waals surface area (Å²) in [7, 11) is 4.01. The van der Waals surface area contributed by atoms with Crippen molar-refractivity contribution in [1.29, 1.82) is 0 Å². The Labute approximate surface area is 148 Å². The molecule has 1 unspecified atom stereocenters. The molecule has 0 spiro atoms. The predicted octanol–water partition coefficient (Wildman–Crippen LogP) is 2.80. The lowest BCUT2D eigenvalue weighted by Gasteiger charge is -2.14. The van der Waals surface area contributed by atoms with Gasteiger partial charge in [-0.2, -0.15) is 0 Å². The van der Waals surface area contributed by atoms with E-state index in [-0.39, 0.29) is 12.0 Å². The lowest BCUT2D eigenvalue weighted by atomic mass is 10.2. The van der Waals surface area contributed by atoms with Crippen molar-refractivity contribution >= 4 is 23.0 Å². The van der Waals surface area contributed by atoms with E-state index in [9.17, 15) is 4.79 Å². The molecular weight excluding hydrogens is 316 g/mol. The van der Waals surface area contributed by atoms with E-state index in [0.717, 1.165) is 36.5 Å². The van der Waals surface area contributed by atoms with E-state index in [0.29, 0.717) is 12.2 Å². The fourth-order valence-electron chi connectivity index (χ4n) is 2.74. The van der Waals surface area contributed by atoms with Gasteiger partial charge in [0.05, 0.1) is 6.10 Å². The van der Waals surface area contributed by atoms with Gasteiger partial charge < -0.3 is 20.3 Å². The van der Waals surface area contributed by atoms with Gasteiger partial charge in [0.15, 0.2) is 0 Å². The van der Waals surface area contributed by atoms with Crippen LogP contribution < -0.4 is 15.5 Å². The van der Waals surface area contributed by atoms with Gasteiger partial charge in [-0.05, 0) is 49.2 Å². The van der Waals surface area contributed by atoms with E-state index in [1.807, 2.05) is 49.3 Å². The smallest absolute Gasteiger partial charge is 0.270 e. The Morgan fingerprint density at radius 2 is 2.04 bits per heavy atom. The fourth-order valence-corrected chi connectivity index (χ4v) is 2.74. The number of carbonyl (C=O) groups is 1. The van der Waals surface area contributed by atoms with Crippen LogP contribution in [0.4, 0.5) is 17.1 Å². The quantitative estimate of drug-likeness (QED) is 0.846. The second kappa shape index (κ2) is 7.98. The van der Waals surface area contributed by atoms with Crippen molar-refractivity contribution in [2.45, 2.75) is 18.9 Å². The van der Waals surface area contributed by atoms with Gasteiger partial charge in [-0.15, -0.1) is 0 Å². The Morgan fingerprint density at radius 1 is 1.24 bits per heavy atom. The number of benzene rings is 1. The number of hydrogen-bond acceptors (Lipinski definition) is 5. The molecule has 25 heavy (non-hydrogen) atoms. The van der Waals surface area contributed by atoms with Crippen molar-refractivity contribution in [2.75, 3.05) is 37.5 Å². The topological polar surface area (TPSA) is 66.5 Å². The molecule has 1 amide bonds. The largest absolute Gasteiger partial charge is 0.378 e. The van der Waals surface area contributed by atoms with Crippen LogP contribution in [0.3, 0.4) is 0 Å². The maximum atomic E-state index is 12.3. The van der Waals surface area contributed by atoms with Crippen LogP contribution in [-0.2, 0) is 4.74 Å². The molecule has 0 saturated carbocycles. The third-order valence-electron chi connectivity index (χ3n) is 4.18. The summed E-state index contributed by atoms with van der Waals surface area (Å²) in [5.74, 6) is -0.179. The summed E-state index contributed by atoms with van der Waals surface area (Å²) in [4.78, 5) is 18.5. The first-order valence-electron chi connectivity index (χ1n) is 8.52. The fraction of sp³-hybridized carbons (Fsp3) is 0.368. The highest BCUT2D eigenvalue weighted by atomic mass is 16.5. The molecule has 1 fully saturated rings. The van der Waals surface area contributed by atoms with Crippen LogP contribution in [0, 0.1) is 0 Å². The van der Waals surface area contributed by atoms with Crippen molar-refractivity contribution in [3.8, 4) is 0 Å². The highest BCUT2D eigenvalue weighted by Crippen LogP contribution is 2.20. The van der Waals surface area contributed by atoms with Crippen LogP contribution in [0.5, 0.6) is 0 Å². The Balaban J connectivity index is 1.61. The summed E-state index contributed by atoms with van der Waals surface area (Å²) in [5.41, 5.74) is 3.32. The van der Waals surface area contributed by atoms with Gasteiger partial charge in [-0.3, -0.25) is 9.78 Å². The van der Waals surface area contributed by atoms with Crippen molar-refractivity contribution in [3.63, 3.8) is 0 Å². The van der Waals surface area contributed by atoms with Crippen LogP contribution in [0.2, 0.25) is 0 Å². The molecule has 3 rings (SSSR count). The summed E-state index contributed by atoms with van der Waals surface area (Å²) >= 11 is 0. The van der Waals surface area contributed by atoms with Crippen molar-refractivity contribution in [3.05, 3.63) is 48.3 Å². The van der Waals surface area contributed by atoms with Gasteiger partial charge in [0, 0.05) is 50.5 Å². The zero-order chi connectivity index (χ0) is 17.6. The molecule has 0 bridgehead atoms. The molecule has 6 heteroatoms. The second-order valence-corrected chi connectivity index (χ2v) is 6.34. The molecule has 2 N–H and O–H groups in total. The lowest BCUT2D eigenvalue weighted by Crippen LogP contribution is -2.32. The van der Waals surface area contributed by atoms with Crippen molar-refractivity contribution < 1.29 is 9.53 Å². The first-order valence-corrected chi connectivity index (χ1v) is 8.52. The minimum Gasteiger partial charge on any atom is -0.378 e. The van der Waals surface area contributed by atoms with Crippen LogP contribution >= 0.6 is 0 Å². The molecule has 1 aliphatic heterocycles. The van der Waals surface area contributed by atoms with Crippen LogP contribution in [-0.4, -0.2) is 44.2 Å². The van der Waals surface area contributed by atoms with Gasteiger partial charge >= 0.3 is 0 Å². The molecule has 132 valence electrons. The Hall–Kier alpha value is -2.60. The lowest BCUT2D eigenvalue weighted by molar-refractivity contribution is 0.0854. The summed E-state index contributed by atoms with van der Waals surface area (Å²) in [6, 6.07) is 11.7. The molecule has 2 aromatic rings. The molecule has 6 nitrogen and oxygen atoms in total. The average Bonchev–Trinajstić information content (AvgIpc) is 3.14. The number of carbonyl (C=O) groups excluding carboxylic acids is 1. The zero-order valence-electron chi connectivity index (χ0n) is 14.7. The number of aromatic nitrogens is 1. The molecule has 1 aliphatic rings. The maximum absolute atomic E-state index is 12.3. The number of hydrogen-bond donors (Lipinski definition) is 2. The summed E-state index contributed by atoms with van der Waals surface area (Å²) in [6.07, 6.45) is 3.82. The van der Waals surface area contributed by atoms with Gasteiger partial charge in [-0.25, -0.2) is 0 Å². The van der Waals surface area contributed by atoms with Crippen LogP contribution in [0.25, 0.3) is 0 Å². The molecule has 1 aromatic heterocycles. The van der Waals surface area contributed by atoms with E-state index < -0.39 is 0 Å². The Kier molecular flexibility index (Phi) is 5.50. The monoisotopic (exact) mass is 340 g/mol. The zero-order valence-corrected chi connectivity index (χ0v) is 14.7. The maximum Gasteiger partial charge on any atom is 0.270 e. The molecule has 1 saturated heterocycles. The number of anilines is 3. The molecule has 2 heterocycles. The van der Waals surface area contributed by atoms with E-state index in [1.54, 1.807) is 12.3 Å². The van der Waals surface area contributed by atoms with E-state index in [2.05, 4.69) is 15.6 Å². The molecular formula is C19H24N4O2. The Bertz CT molecular complexity index is 710. The molecule has 0 radical (unpaired) electrons. The SMILES string of the molecule is CN(C)c1ccc(Nc2ccnc(C(=O)NCC3CCCO3)c2)cc1. The van der Waals surface area contributed by atoms with Crippen LogP contribution in [0.1, 0.15) is 23.3 Å². The van der Waals surface area contributed by atoms with Gasteiger partial charge in [0.2, 0.25) is 0 Å².